The van der Waals surface area contributed by atoms with Crippen molar-refractivity contribution in [2.75, 3.05) is 13.7 Å². The fourth-order valence-corrected chi connectivity index (χ4v) is 1.65. The molecular weight excluding hydrogens is 271 g/mol. The number of benzene rings is 1. The van der Waals surface area contributed by atoms with Crippen molar-refractivity contribution in [2.24, 2.45) is 0 Å². The number of ether oxygens (including phenoxy) is 3. The maximum Gasteiger partial charge on any atom is 0.338 e. The van der Waals surface area contributed by atoms with Crippen LogP contribution in [0.3, 0.4) is 0 Å². The zero-order chi connectivity index (χ0) is 15.8. The molecule has 0 amide bonds. The number of aliphatic hydroxyl groups is 1. The maximum atomic E-state index is 11.9. The number of esters is 1. The summed E-state index contributed by atoms with van der Waals surface area (Å²) < 4.78 is 15.7. The van der Waals surface area contributed by atoms with Crippen LogP contribution in [0.15, 0.2) is 30.3 Å². The number of rotatable bonds is 8. The van der Waals surface area contributed by atoms with Crippen molar-refractivity contribution in [1.29, 1.82) is 0 Å². The highest BCUT2D eigenvalue weighted by atomic mass is 16.6. The lowest BCUT2D eigenvalue weighted by molar-refractivity contribution is -0.103. The van der Waals surface area contributed by atoms with Gasteiger partial charge < -0.3 is 19.3 Å². The van der Waals surface area contributed by atoms with Crippen LogP contribution in [-0.4, -0.2) is 57.0 Å². The molecule has 114 valence electrons. The fraction of sp³-hybridized carbons (Fsp3) is 0.533. The molecule has 0 aromatic heterocycles. The number of hydrogen-bond acceptors (Lipinski definition) is 5. The van der Waals surface area contributed by atoms with Gasteiger partial charge in [-0.1, -0.05) is 18.2 Å². The van der Waals surface area contributed by atoms with Gasteiger partial charge >= 0.3 is 5.97 Å². The summed E-state index contributed by atoms with van der Waals surface area (Å²) in [5.74, 6) is -0.470. The molecule has 0 aliphatic carbocycles. The summed E-state index contributed by atoms with van der Waals surface area (Å²) in [4.78, 5) is 11.9. The van der Waals surface area contributed by atoms with Crippen molar-refractivity contribution >= 4 is 13.8 Å². The minimum Gasteiger partial charge on any atom is -0.457 e. The Bertz CT molecular complexity index is 423. The second kappa shape index (κ2) is 8.82. The predicted molar refractivity (Wildman–Crippen MR) is 79.3 cm³/mol. The first-order valence-electron chi connectivity index (χ1n) is 6.79. The molecule has 0 bridgehead atoms. The van der Waals surface area contributed by atoms with E-state index in [1.54, 1.807) is 38.1 Å². The zero-order valence-corrected chi connectivity index (χ0v) is 12.6. The van der Waals surface area contributed by atoms with E-state index in [9.17, 15) is 9.90 Å². The van der Waals surface area contributed by atoms with Gasteiger partial charge in [0.1, 0.15) is 20.1 Å². The maximum absolute atomic E-state index is 11.9. The number of carbonyl (C=O) groups is 1. The number of aliphatic hydroxyl groups excluding tert-OH is 1. The average Bonchev–Trinajstić information content (AvgIpc) is 2.47. The van der Waals surface area contributed by atoms with E-state index in [2.05, 4.69) is 0 Å². The number of hydrogen-bond donors (Lipinski definition) is 1. The molecule has 1 N–H and O–H groups in total. The monoisotopic (exact) mass is 292 g/mol. The molecule has 21 heavy (non-hydrogen) atoms. The molecule has 1 rings (SSSR count). The summed E-state index contributed by atoms with van der Waals surface area (Å²) in [6, 6.07) is 7.77. The van der Waals surface area contributed by atoms with Gasteiger partial charge in [-0.25, -0.2) is 4.79 Å². The number of carbonyl (C=O) groups excluding carboxylic acids is 1. The van der Waals surface area contributed by atoms with Gasteiger partial charge in [0.05, 0.1) is 24.3 Å². The second-order valence-electron chi connectivity index (χ2n) is 4.81. The lowest BCUT2D eigenvalue weighted by Crippen LogP contribution is -2.40. The summed E-state index contributed by atoms with van der Waals surface area (Å²) in [5, 5.41) is 9.57. The topological polar surface area (TPSA) is 65.0 Å². The molecule has 0 aliphatic heterocycles. The van der Waals surface area contributed by atoms with Gasteiger partial charge in [0.25, 0.3) is 0 Å². The van der Waals surface area contributed by atoms with Crippen LogP contribution in [0, 0.1) is 0 Å². The highest BCUT2D eigenvalue weighted by molar-refractivity contribution is 6.11. The molecule has 0 fully saturated rings. The van der Waals surface area contributed by atoms with Gasteiger partial charge in [-0.15, -0.1) is 0 Å². The molecule has 2 radical (unpaired) electrons. The lowest BCUT2D eigenvalue weighted by atomic mass is 9.94. The Labute approximate surface area is 126 Å². The van der Waals surface area contributed by atoms with E-state index < -0.39 is 30.3 Å². The summed E-state index contributed by atoms with van der Waals surface area (Å²) in [6.45, 7) is 3.42. The van der Waals surface area contributed by atoms with Crippen LogP contribution < -0.4 is 0 Å². The molecule has 1 aromatic rings. The van der Waals surface area contributed by atoms with E-state index in [1.165, 1.54) is 7.11 Å². The zero-order valence-electron chi connectivity index (χ0n) is 12.6. The van der Waals surface area contributed by atoms with Gasteiger partial charge in [0, 0.05) is 7.11 Å². The first-order valence-corrected chi connectivity index (χ1v) is 6.79. The minimum atomic E-state index is -0.854. The number of methoxy groups -OCH3 is 1. The van der Waals surface area contributed by atoms with Crippen molar-refractivity contribution < 1.29 is 24.1 Å². The Morgan fingerprint density at radius 2 is 1.90 bits per heavy atom. The second-order valence-corrected chi connectivity index (χ2v) is 4.81. The van der Waals surface area contributed by atoms with Crippen molar-refractivity contribution in [2.45, 2.75) is 38.2 Å². The normalized spacial score (nSPS) is 16.8. The third-order valence-electron chi connectivity index (χ3n) is 2.97. The molecule has 1 aromatic carbocycles. The Kier molecular flexibility index (Phi) is 7.43. The summed E-state index contributed by atoms with van der Waals surface area (Å²) in [7, 11) is 7.35. The minimum absolute atomic E-state index is 0.199. The van der Waals surface area contributed by atoms with E-state index in [0.717, 1.165) is 0 Å². The quantitative estimate of drug-likeness (QED) is 0.575. The molecule has 5 nitrogen and oxygen atoms in total. The predicted octanol–water partition coefficient (Wildman–Crippen LogP) is 1.14. The first-order chi connectivity index (χ1) is 9.95. The van der Waals surface area contributed by atoms with E-state index in [0.29, 0.717) is 5.56 Å². The van der Waals surface area contributed by atoms with Gasteiger partial charge in [-0.3, -0.25) is 0 Å². The summed E-state index contributed by atoms with van der Waals surface area (Å²) in [6.07, 6.45) is -1.98. The molecule has 0 saturated carbocycles. The van der Waals surface area contributed by atoms with E-state index in [-0.39, 0.29) is 6.61 Å². The molecule has 0 spiro atoms. The Morgan fingerprint density at radius 1 is 1.29 bits per heavy atom. The Morgan fingerprint density at radius 3 is 2.43 bits per heavy atom. The van der Waals surface area contributed by atoms with Crippen LogP contribution >= 0.6 is 0 Å². The van der Waals surface area contributed by atoms with Crippen molar-refractivity contribution in [3.05, 3.63) is 35.9 Å². The molecule has 4 atom stereocenters. The largest absolute Gasteiger partial charge is 0.457 e. The van der Waals surface area contributed by atoms with Gasteiger partial charge in [0.15, 0.2) is 0 Å². The first kappa shape index (κ1) is 17.7. The van der Waals surface area contributed by atoms with Crippen LogP contribution in [0.2, 0.25) is 0 Å². The third kappa shape index (κ3) is 5.87. The molecular formula is C15H21BO5. The molecule has 6 heteroatoms. The molecule has 1 unspecified atom stereocenters. The fourth-order valence-electron chi connectivity index (χ4n) is 1.65. The summed E-state index contributed by atoms with van der Waals surface area (Å²) >= 11 is 0. The van der Waals surface area contributed by atoms with Crippen molar-refractivity contribution in [1.82, 2.24) is 0 Å². The van der Waals surface area contributed by atoms with Gasteiger partial charge in [-0.05, 0) is 26.0 Å². The highest BCUT2D eigenvalue weighted by Crippen LogP contribution is 2.10. The third-order valence-corrected chi connectivity index (χ3v) is 2.97. The molecule has 0 saturated heterocycles. The van der Waals surface area contributed by atoms with E-state index >= 15 is 0 Å². The van der Waals surface area contributed by atoms with E-state index in [1.807, 2.05) is 6.07 Å². The molecule has 0 heterocycles. The van der Waals surface area contributed by atoms with E-state index in [4.69, 9.17) is 22.1 Å². The molecule has 0 aliphatic rings. The van der Waals surface area contributed by atoms with Crippen LogP contribution in [0.4, 0.5) is 0 Å². The van der Waals surface area contributed by atoms with Crippen molar-refractivity contribution in [3.8, 4) is 0 Å². The van der Waals surface area contributed by atoms with Crippen LogP contribution in [-0.2, 0) is 14.2 Å². The van der Waals surface area contributed by atoms with Crippen LogP contribution in [0.5, 0.6) is 0 Å². The summed E-state index contributed by atoms with van der Waals surface area (Å²) in [5.41, 5.74) is 0.445. The average molecular weight is 292 g/mol. The van der Waals surface area contributed by atoms with Gasteiger partial charge in [-0.2, -0.15) is 0 Å². The smallest absolute Gasteiger partial charge is 0.338 e. The Balaban J connectivity index is 2.54. The highest BCUT2D eigenvalue weighted by Gasteiger charge is 2.24. The van der Waals surface area contributed by atoms with Crippen LogP contribution in [0.1, 0.15) is 24.2 Å². The standard InChI is InChI=1S/C15H21BO5/c1-10(17)13(9-19-3)21-14(16)11(2)20-15(18)12-7-5-4-6-8-12/h4-8,10-11,13-14,17H,9H2,1-3H3/t10-,11+,13-,14?/m1/s1. The lowest BCUT2D eigenvalue weighted by Gasteiger charge is -2.28. The van der Waals surface area contributed by atoms with Gasteiger partial charge in [0.2, 0.25) is 0 Å². The van der Waals surface area contributed by atoms with Crippen LogP contribution in [0.25, 0.3) is 0 Å². The van der Waals surface area contributed by atoms with Crippen molar-refractivity contribution in [3.63, 3.8) is 0 Å². The Hall–Kier alpha value is -1.37. The SMILES string of the molecule is [B]C(O[C@H](COC)[C@@H](C)O)[C@H](C)OC(=O)c1ccccc1.